The van der Waals surface area contributed by atoms with E-state index in [-0.39, 0.29) is 5.56 Å². The van der Waals surface area contributed by atoms with Gasteiger partial charge in [0, 0.05) is 11.4 Å². The minimum Gasteiger partial charge on any atom is -0.294 e. The lowest BCUT2D eigenvalue weighted by atomic mass is 9.87. The van der Waals surface area contributed by atoms with Crippen LogP contribution < -0.4 is 5.56 Å². The van der Waals surface area contributed by atoms with E-state index in [0.29, 0.717) is 21.4 Å². The maximum absolute atomic E-state index is 12.9. The Morgan fingerprint density at radius 3 is 2.85 bits per heavy atom. The van der Waals surface area contributed by atoms with Crippen LogP contribution in [0.25, 0.3) is 5.69 Å². The van der Waals surface area contributed by atoms with Crippen molar-refractivity contribution >= 4 is 11.8 Å². The number of nitrogens with one attached hydrogen (secondary N) is 1. The van der Waals surface area contributed by atoms with Crippen LogP contribution in [-0.2, 0) is 12.8 Å². The quantitative estimate of drug-likeness (QED) is 0.749. The van der Waals surface area contributed by atoms with Gasteiger partial charge in [-0.3, -0.25) is 9.89 Å². The molecule has 1 N–H and O–H groups in total. The van der Waals surface area contributed by atoms with Gasteiger partial charge in [-0.15, -0.1) is 0 Å². The summed E-state index contributed by atoms with van der Waals surface area (Å²) in [5.41, 5.74) is 4.20. The van der Waals surface area contributed by atoms with Crippen LogP contribution in [0.15, 0.2) is 51.1 Å². The molecule has 2 heterocycles. The number of H-pyrrole nitrogens is 1. The van der Waals surface area contributed by atoms with Gasteiger partial charge >= 0.3 is 0 Å². The van der Waals surface area contributed by atoms with Crippen LogP contribution in [0.4, 0.5) is 0 Å². The summed E-state index contributed by atoms with van der Waals surface area (Å²) < 4.78 is 1.53. The summed E-state index contributed by atoms with van der Waals surface area (Å²) in [6.45, 7) is 4.10. The van der Waals surface area contributed by atoms with E-state index in [1.165, 1.54) is 22.0 Å². The SMILES string of the molecule is Cc1[nH]n(-c2ccccc2)c(=O)c1Sc1nc2c(cc1C#N)CC(C)CC2. The third kappa shape index (κ3) is 3.31. The van der Waals surface area contributed by atoms with Crippen molar-refractivity contribution < 1.29 is 0 Å². The lowest BCUT2D eigenvalue weighted by Gasteiger charge is -2.21. The molecule has 0 amide bonds. The Kier molecular flexibility index (Phi) is 4.63. The molecule has 2 aromatic heterocycles. The first kappa shape index (κ1) is 17.6. The normalized spacial score (nSPS) is 16.0. The number of nitrogens with zero attached hydrogens (tertiary/aromatic N) is 3. The molecule has 136 valence electrons. The Morgan fingerprint density at radius 2 is 2.11 bits per heavy atom. The van der Waals surface area contributed by atoms with E-state index >= 15 is 0 Å². The minimum atomic E-state index is -0.124. The molecule has 1 aliphatic rings. The van der Waals surface area contributed by atoms with Crippen LogP contribution >= 0.6 is 11.8 Å². The average molecular weight is 376 g/mol. The van der Waals surface area contributed by atoms with E-state index in [1.54, 1.807) is 0 Å². The number of hydrogen-bond acceptors (Lipinski definition) is 4. The summed E-state index contributed by atoms with van der Waals surface area (Å²) in [4.78, 5) is 18.3. The van der Waals surface area contributed by atoms with E-state index < -0.39 is 0 Å². The summed E-state index contributed by atoms with van der Waals surface area (Å²) in [6, 6.07) is 13.7. The fourth-order valence-electron chi connectivity index (χ4n) is 3.49. The van der Waals surface area contributed by atoms with Gasteiger partial charge in [-0.25, -0.2) is 9.67 Å². The van der Waals surface area contributed by atoms with Crippen molar-refractivity contribution in [3.05, 3.63) is 69.3 Å². The molecule has 0 spiro atoms. The van der Waals surface area contributed by atoms with Gasteiger partial charge in [0.1, 0.15) is 16.0 Å². The zero-order valence-electron chi connectivity index (χ0n) is 15.3. The maximum atomic E-state index is 12.9. The highest BCUT2D eigenvalue weighted by Crippen LogP contribution is 2.33. The van der Waals surface area contributed by atoms with Crippen molar-refractivity contribution in [1.29, 1.82) is 5.26 Å². The van der Waals surface area contributed by atoms with Crippen molar-refractivity contribution in [2.45, 2.75) is 43.0 Å². The first-order valence-corrected chi connectivity index (χ1v) is 9.86. The van der Waals surface area contributed by atoms with Crippen molar-refractivity contribution in [2.24, 2.45) is 5.92 Å². The van der Waals surface area contributed by atoms with E-state index in [1.807, 2.05) is 43.3 Å². The third-order valence-corrected chi connectivity index (χ3v) is 6.14. The monoisotopic (exact) mass is 376 g/mol. The van der Waals surface area contributed by atoms with Crippen molar-refractivity contribution in [1.82, 2.24) is 14.8 Å². The van der Waals surface area contributed by atoms with Crippen LogP contribution in [0.3, 0.4) is 0 Å². The molecule has 0 bridgehead atoms. The highest BCUT2D eigenvalue weighted by atomic mass is 32.2. The average Bonchev–Trinajstić information content (AvgIpc) is 2.96. The molecule has 4 rings (SSSR count). The number of pyridine rings is 1. The van der Waals surface area contributed by atoms with Crippen molar-refractivity contribution in [2.75, 3.05) is 0 Å². The summed E-state index contributed by atoms with van der Waals surface area (Å²) in [6.07, 6.45) is 3.00. The van der Waals surface area contributed by atoms with Crippen molar-refractivity contribution in [3.63, 3.8) is 0 Å². The molecule has 1 unspecified atom stereocenters. The number of nitriles is 1. The Labute approximate surface area is 162 Å². The van der Waals surface area contributed by atoms with E-state index in [4.69, 9.17) is 4.98 Å². The van der Waals surface area contributed by atoms with Crippen LogP contribution in [0.1, 0.15) is 35.9 Å². The Balaban J connectivity index is 1.74. The number of para-hydroxylation sites is 1. The van der Waals surface area contributed by atoms with Gasteiger partial charge in [0.05, 0.1) is 11.3 Å². The molecular weight excluding hydrogens is 356 g/mol. The first-order chi connectivity index (χ1) is 13.1. The maximum Gasteiger partial charge on any atom is 0.285 e. The minimum absolute atomic E-state index is 0.124. The number of aryl methyl sites for hydroxylation is 2. The van der Waals surface area contributed by atoms with Gasteiger partial charge < -0.3 is 0 Å². The number of aromatic amines is 1. The Morgan fingerprint density at radius 1 is 1.33 bits per heavy atom. The lowest BCUT2D eigenvalue weighted by Crippen LogP contribution is -2.16. The van der Waals surface area contributed by atoms with Crippen molar-refractivity contribution in [3.8, 4) is 11.8 Å². The molecule has 1 aromatic carbocycles. The molecule has 5 nitrogen and oxygen atoms in total. The van der Waals surface area contributed by atoms with E-state index in [0.717, 1.165) is 36.3 Å². The Bertz CT molecular complexity index is 1090. The standard InChI is InChI=1S/C21H20N4OS/c1-13-8-9-18-15(10-13)11-16(12-22)20(23-18)27-19-14(2)24-25(21(19)26)17-6-4-3-5-7-17/h3-7,11,13,24H,8-10H2,1-2H3. The predicted molar refractivity (Wildman–Crippen MR) is 105 cm³/mol. The van der Waals surface area contributed by atoms with Gasteiger partial charge in [0.25, 0.3) is 5.56 Å². The number of rotatable bonds is 3. The molecule has 6 heteroatoms. The van der Waals surface area contributed by atoms with Gasteiger partial charge in [0.2, 0.25) is 0 Å². The van der Waals surface area contributed by atoms with Crippen LogP contribution in [0.5, 0.6) is 0 Å². The van der Waals surface area contributed by atoms with Crippen LogP contribution in [0, 0.1) is 24.2 Å². The highest BCUT2D eigenvalue weighted by Gasteiger charge is 2.21. The van der Waals surface area contributed by atoms with Crippen LogP contribution in [-0.4, -0.2) is 14.8 Å². The molecule has 0 aliphatic heterocycles. The topological polar surface area (TPSA) is 74.5 Å². The fourth-order valence-corrected chi connectivity index (χ4v) is 4.43. The summed E-state index contributed by atoms with van der Waals surface area (Å²) in [5, 5.41) is 13.3. The second kappa shape index (κ2) is 7.09. The summed E-state index contributed by atoms with van der Waals surface area (Å²) in [5.74, 6) is 0.620. The summed E-state index contributed by atoms with van der Waals surface area (Å²) in [7, 11) is 0. The molecule has 0 radical (unpaired) electrons. The number of benzene rings is 1. The smallest absolute Gasteiger partial charge is 0.285 e. The third-order valence-electron chi connectivity index (χ3n) is 4.95. The van der Waals surface area contributed by atoms with Crippen LogP contribution in [0.2, 0.25) is 0 Å². The van der Waals surface area contributed by atoms with E-state index in [9.17, 15) is 10.1 Å². The Hall–Kier alpha value is -2.78. The van der Waals surface area contributed by atoms with Gasteiger partial charge in [-0.1, -0.05) is 36.9 Å². The lowest BCUT2D eigenvalue weighted by molar-refractivity contribution is 0.491. The molecule has 0 saturated carbocycles. The van der Waals surface area contributed by atoms with Gasteiger partial charge in [0.15, 0.2) is 0 Å². The zero-order valence-corrected chi connectivity index (χ0v) is 16.1. The molecule has 0 saturated heterocycles. The number of hydrogen-bond donors (Lipinski definition) is 1. The molecule has 1 atom stereocenters. The molecular formula is C21H20N4OS. The predicted octanol–water partition coefficient (Wildman–Crippen LogP) is 4.02. The second-order valence-corrected chi connectivity index (χ2v) is 8.05. The molecule has 0 fully saturated rings. The van der Waals surface area contributed by atoms with E-state index in [2.05, 4.69) is 18.1 Å². The van der Waals surface area contributed by atoms with Gasteiger partial charge in [-0.2, -0.15) is 5.26 Å². The first-order valence-electron chi connectivity index (χ1n) is 9.04. The highest BCUT2D eigenvalue weighted by molar-refractivity contribution is 7.99. The molecule has 1 aliphatic carbocycles. The molecule has 3 aromatic rings. The fraction of sp³-hybridized carbons (Fsp3) is 0.286. The zero-order chi connectivity index (χ0) is 19.0. The molecule has 27 heavy (non-hydrogen) atoms. The number of aromatic nitrogens is 3. The number of fused-ring (bicyclic) bond motifs is 1. The summed E-state index contributed by atoms with van der Waals surface area (Å²) >= 11 is 1.28. The largest absolute Gasteiger partial charge is 0.294 e. The van der Waals surface area contributed by atoms with Gasteiger partial charge in [-0.05, 0) is 55.9 Å². The second-order valence-electron chi connectivity index (χ2n) is 7.05.